The van der Waals surface area contributed by atoms with Crippen LogP contribution < -0.4 is 5.32 Å². The van der Waals surface area contributed by atoms with Gasteiger partial charge in [-0.05, 0) is 24.3 Å². The van der Waals surface area contributed by atoms with Crippen LogP contribution in [0.25, 0.3) is 10.2 Å². The second-order valence-electron chi connectivity index (χ2n) is 3.65. The molecule has 0 fully saturated rings. The Balaban J connectivity index is 1.94. The Hall–Kier alpha value is -2.45. The average molecular weight is 252 g/mol. The molecular formula is C13H8N4S. The smallest absolute Gasteiger partial charge is 0.189 e. The standard InChI is InChI=1S/C13H8N4S/c14-8-9-5-6-15-12(7-9)17-13-16-10-3-1-2-4-11(10)18-13/h1-7H,(H,15,16,17). The minimum atomic E-state index is 0.577. The minimum absolute atomic E-state index is 0.577. The molecule has 0 aliphatic rings. The summed E-state index contributed by atoms with van der Waals surface area (Å²) in [5, 5.41) is 12.7. The van der Waals surface area contributed by atoms with Crippen LogP contribution in [-0.4, -0.2) is 9.97 Å². The van der Waals surface area contributed by atoms with Crippen LogP contribution >= 0.6 is 11.3 Å². The Bertz CT molecular complexity index is 709. The van der Waals surface area contributed by atoms with E-state index in [0.717, 1.165) is 15.3 Å². The van der Waals surface area contributed by atoms with Gasteiger partial charge in [0.1, 0.15) is 5.82 Å². The highest BCUT2D eigenvalue weighted by atomic mass is 32.1. The maximum absolute atomic E-state index is 8.82. The third-order valence-electron chi connectivity index (χ3n) is 2.42. The van der Waals surface area contributed by atoms with E-state index in [2.05, 4.69) is 21.4 Å². The van der Waals surface area contributed by atoms with E-state index in [4.69, 9.17) is 5.26 Å². The molecule has 0 unspecified atom stereocenters. The molecule has 3 rings (SSSR count). The Morgan fingerprint density at radius 3 is 2.94 bits per heavy atom. The summed E-state index contributed by atoms with van der Waals surface area (Å²) in [6.45, 7) is 0. The van der Waals surface area contributed by atoms with Crippen LogP contribution in [-0.2, 0) is 0 Å². The Morgan fingerprint density at radius 2 is 2.11 bits per heavy atom. The van der Waals surface area contributed by atoms with Crippen molar-refractivity contribution in [2.45, 2.75) is 0 Å². The molecule has 18 heavy (non-hydrogen) atoms. The summed E-state index contributed by atoms with van der Waals surface area (Å²) >= 11 is 1.56. The largest absolute Gasteiger partial charge is 0.316 e. The van der Waals surface area contributed by atoms with Gasteiger partial charge in [-0.25, -0.2) is 9.97 Å². The second-order valence-corrected chi connectivity index (χ2v) is 4.68. The van der Waals surface area contributed by atoms with Crippen molar-refractivity contribution in [3.63, 3.8) is 0 Å². The van der Waals surface area contributed by atoms with Crippen LogP contribution in [0.4, 0.5) is 10.9 Å². The Kier molecular flexibility index (Phi) is 2.63. The van der Waals surface area contributed by atoms with E-state index in [1.807, 2.05) is 24.3 Å². The van der Waals surface area contributed by atoms with Crippen molar-refractivity contribution in [1.29, 1.82) is 5.26 Å². The topological polar surface area (TPSA) is 61.6 Å². The molecule has 0 aliphatic carbocycles. The first-order valence-corrected chi connectivity index (χ1v) is 6.15. The van der Waals surface area contributed by atoms with E-state index in [9.17, 15) is 0 Å². The molecule has 1 N–H and O–H groups in total. The number of benzene rings is 1. The summed E-state index contributed by atoms with van der Waals surface area (Å²) in [6.07, 6.45) is 1.61. The zero-order valence-corrected chi connectivity index (χ0v) is 10.1. The fourth-order valence-corrected chi connectivity index (χ4v) is 2.48. The van der Waals surface area contributed by atoms with Crippen molar-refractivity contribution in [2.75, 3.05) is 5.32 Å². The minimum Gasteiger partial charge on any atom is -0.316 e. The van der Waals surface area contributed by atoms with E-state index in [-0.39, 0.29) is 0 Å². The van der Waals surface area contributed by atoms with E-state index in [1.54, 1.807) is 29.7 Å². The fourth-order valence-electron chi connectivity index (χ4n) is 1.60. The molecule has 86 valence electrons. The molecule has 1 aromatic carbocycles. The summed E-state index contributed by atoms with van der Waals surface area (Å²) in [4.78, 5) is 8.61. The number of nitriles is 1. The molecule has 0 spiro atoms. The van der Waals surface area contributed by atoms with Crippen molar-refractivity contribution in [2.24, 2.45) is 0 Å². The van der Waals surface area contributed by atoms with E-state index in [1.165, 1.54) is 0 Å². The fraction of sp³-hybridized carbons (Fsp3) is 0. The number of aromatic nitrogens is 2. The predicted molar refractivity (Wildman–Crippen MR) is 71.9 cm³/mol. The number of fused-ring (bicyclic) bond motifs is 1. The monoisotopic (exact) mass is 252 g/mol. The molecule has 0 saturated heterocycles. The first-order valence-electron chi connectivity index (χ1n) is 5.34. The van der Waals surface area contributed by atoms with Gasteiger partial charge in [0.25, 0.3) is 0 Å². The van der Waals surface area contributed by atoms with Gasteiger partial charge in [0.2, 0.25) is 0 Å². The van der Waals surface area contributed by atoms with E-state index >= 15 is 0 Å². The number of nitrogens with zero attached hydrogens (tertiary/aromatic N) is 3. The number of pyridine rings is 1. The third kappa shape index (κ3) is 2.01. The number of anilines is 2. The summed E-state index contributed by atoms with van der Waals surface area (Å²) in [5.41, 5.74) is 1.54. The van der Waals surface area contributed by atoms with Crippen molar-refractivity contribution in [1.82, 2.24) is 9.97 Å². The molecule has 5 heteroatoms. The maximum Gasteiger partial charge on any atom is 0.189 e. The molecule has 4 nitrogen and oxygen atoms in total. The van der Waals surface area contributed by atoms with Gasteiger partial charge in [0, 0.05) is 6.20 Å². The van der Waals surface area contributed by atoms with Crippen molar-refractivity contribution < 1.29 is 0 Å². The molecule has 0 aliphatic heterocycles. The van der Waals surface area contributed by atoms with E-state index < -0.39 is 0 Å². The van der Waals surface area contributed by atoms with Crippen molar-refractivity contribution >= 4 is 32.5 Å². The highest BCUT2D eigenvalue weighted by Crippen LogP contribution is 2.27. The van der Waals surface area contributed by atoms with Gasteiger partial charge in [-0.2, -0.15) is 5.26 Å². The molecule has 2 heterocycles. The third-order valence-corrected chi connectivity index (χ3v) is 3.37. The predicted octanol–water partition coefficient (Wildman–Crippen LogP) is 3.31. The van der Waals surface area contributed by atoms with Gasteiger partial charge in [0.15, 0.2) is 5.13 Å². The number of para-hydroxylation sites is 1. The average Bonchev–Trinajstić information content (AvgIpc) is 2.81. The van der Waals surface area contributed by atoms with Crippen LogP contribution in [0.15, 0.2) is 42.6 Å². The normalized spacial score (nSPS) is 10.2. The first kappa shape index (κ1) is 10.7. The van der Waals surface area contributed by atoms with Gasteiger partial charge < -0.3 is 5.32 Å². The SMILES string of the molecule is N#Cc1ccnc(Nc2nc3ccccc3s2)c1. The number of nitrogens with one attached hydrogen (secondary N) is 1. The van der Waals surface area contributed by atoms with Crippen LogP contribution in [0.3, 0.4) is 0 Å². The summed E-state index contributed by atoms with van der Waals surface area (Å²) in [7, 11) is 0. The molecule has 3 aromatic rings. The van der Waals surface area contributed by atoms with Crippen LogP contribution in [0.5, 0.6) is 0 Å². The molecule has 0 radical (unpaired) electrons. The zero-order valence-electron chi connectivity index (χ0n) is 9.29. The molecule has 2 aromatic heterocycles. The summed E-state index contributed by atoms with van der Waals surface area (Å²) in [6, 6.07) is 13.4. The lowest BCUT2D eigenvalue weighted by Gasteiger charge is -2.00. The number of thiazole rings is 1. The van der Waals surface area contributed by atoms with Crippen LogP contribution in [0, 0.1) is 11.3 Å². The van der Waals surface area contributed by atoms with Crippen LogP contribution in [0.2, 0.25) is 0 Å². The molecular weight excluding hydrogens is 244 g/mol. The van der Waals surface area contributed by atoms with Gasteiger partial charge in [0.05, 0.1) is 21.8 Å². The maximum atomic E-state index is 8.82. The molecule has 0 amide bonds. The Morgan fingerprint density at radius 1 is 1.22 bits per heavy atom. The van der Waals surface area contributed by atoms with Crippen molar-refractivity contribution in [3.8, 4) is 6.07 Å². The lowest BCUT2D eigenvalue weighted by molar-refractivity contribution is 1.28. The number of rotatable bonds is 2. The Labute approximate surface area is 108 Å². The second kappa shape index (κ2) is 4.43. The summed E-state index contributed by atoms with van der Waals surface area (Å²) in [5.74, 6) is 0.633. The number of hydrogen-bond donors (Lipinski definition) is 1. The highest BCUT2D eigenvalue weighted by molar-refractivity contribution is 7.22. The van der Waals surface area contributed by atoms with Gasteiger partial charge in [-0.3, -0.25) is 0 Å². The summed E-state index contributed by atoms with van der Waals surface area (Å²) < 4.78 is 1.12. The quantitative estimate of drug-likeness (QED) is 0.760. The molecule has 0 bridgehead atoms. The number of hydrogen-bond acceptors (Lipinski definition) is 5. The van der Waals surface area contributed by atoms with Gasteiger partial charge in [-0.1, -0.05) is 23.5 Å². The molecule has 0 saturated carbocycles. The lowest BCUT2D eigenvalue weighted by Crippen LogP contribution is -1.92. The van der Waals surface area contributed by atoms with Gasteiger partial charge in [-0.15, -0.1) is 0 Å². The zero-order chi connectivity index (χ0) is 12.4. The van der Waals surface area contributed by atoms with Gasteiger partial charge >= 0.3 is 0 Å². The molecule has 0 atom stereocenters. The highest BCUT2D eigenvalue weighted by Gasteiger charge is 2.04. The first-order chi connectivity index (χ1) is 8.85. The van der Waals surface area contributed by atoms with Crippen LogP contribution in [0.1, 0.15) is 5.56 Å². The van der Waals surface area contributed by atoms with Crippen molar-refractivity contribution in [3.05, 3.63) is 48.2 Å². The van der Waals surface area contributed by atoms with E-state index in [0.29, 0.717) is 11.4 Å². The lowest BCUT2D eigenvalue weighted by atomic mass is 10.3.